The first-order valence-electron chi connectivity index (χ1n) is 9.47. The smallest absolute Gasteiger partial charge is 0.183 e. The van der Waals surface area contributed by atoms with Gasteiger partial charge in [-0.2, -0.15) is 0 Å². The number of ether oxygens (including phenoxy) is 2. The largest absolute Gasteiger partial charge is 0.348 e. The minimum Gasteiger partial charge on any atom is -0.348 e. The van der Waals surface area contributed by atoms with Crippen LogP contribution in [0.1, 0.15) is 29.4 Å². The first kappa shape index (κ1) is 19.3. The SMILES string of the molecule is C=CCC1COC(c2ccc(C#Cc3ccc4cc(F)ccc4c3)c(F)c2)OC1. The van der Waals surface area contributed by atoms with E-state index in [1.54, 1.807) is 30.3 Å². The molecule has 146 valence electrons. The van der Waals surface area contributed by atoms with E-state index >= 15 is 0 Å². The molecule has 0 bridgehead atoms. The van der Waals surface area contributed by atoms with Crippen LogP contribution in [-0.4, -0.2) is 13.2 Å². The summed E-state index contributed by atoms with van der Waals surface area (Å²) in [6.45, 7) is 4.84. The molecule has 1 heterocycles. The lowest BCUT2D eigenvalue weighted by atomic mass is 10.1. The molecule has 1 fully saturated rings. The van der Waals surface area contributed by atoms with Gasteiger partial charge >= 0.3 is 0 Å². The highest BCUT2D eigenvalue weighted by Crippen LogP contribution is 2.27. The average Bonchev–Trinajstić information content (AvgIpc) is 2.73. The summed E-state index contributed by atoms with van der Waals surface area (Å²) in [5.74, 6) is 5.43. The molecule has 29 heavy (non-hydrogen) atoms. The van der Waals surface area contributed by atoms with Gasteiger partial charge in [0.05, 0.1) is 18.8 Å². The van der Waals surface area contributed by atoms with Crippen molar-refractivity contribution in [3.05, 3.63) is 95.6 Å². The molecule has 1 saturated heterocycles. The summed E-state index contributed by atoms with van der Waals surface area (Å²) >= 11 is 0. The Kier molecular flexibility index (Phi) is 5.71. The van der Waals surface area contributed by atoms with Gasteiger partial charge in [-0.1, -0.05) is 36.1 Å². The van der Waals surface area contributed by atoms with E-state index in [9.17, 15) is 8.78 Å². The van der Waals surface area contributed by atoms with Crippen LogP contribution >= 0.6 is 0 Å². The predicted molar refractivity (Wildman–Crippen MR) is 109 cm³/mol. The molecule has 4 heteroatoms. The van der Waals surface area contributed by atoms with E-state index in [4.69, 9.17) is 9.47 Å². The molecular formula is C25H20F2O2. The zero-order chi connectivity index (χ0) is 20.2. The van der Waals surface area contributed by atoms with Crippen LogP contribution in [0.3, 0.4) is 0 Å². The molecule has 3 aromatic carbocycles. The summed E-state index contributed by atoms with van der Waals surface area (Å²) in [5.41, 5.74) is 1.67. The van der Waals surface area contributed by atoms with Crippen molar-refractivity contribution in [1.82, 2.24) is 0 Å². The fraction of sp³-hybridized carbons (Fsp3) is 0.200. The van der Waals surface area contributed by atoms with Gasteiger partial charge in [-0.15, -0.1) is 6.58 Å². The molecule has 1 aliphatic rings. The van der Waals surface area contributed by atoms with Crippen LogP contribution in [0.2, 0.25) is 0 Å². The van der Waals surface area contributed by atoms with E-state index in [-0.39, 0.29) is 11.7 Å². The van der Waals surface area contributed by atoms with Crippen molar-refractivity contribution >= 4 is 10.8 Å². The Morgan fingerprint density at radius 1 is 0.931 bits per heavy atom. The number of benzene rings is 3. The van der Waals surface area contributed by atoms with Gasteiger partial charge < -0.3 is 9.47 Å². The summed E-state index contributed by atoms with van der Waals surface area (Å²) in [6, 6.07) is 14.9. The fourth-order valence-electron chi connectivity index (χ4n) is 3.32. The molecule has 0 amide bonds. The van der Waals surface area contributed by atoms with Gasteiger partial charge in [-0.25, -0.2) is 8.78 Å². The Bertz CT molecular complexity index is 1100. The molecule has 0 unspecified atom stereocenters. The number of hydrogen-bond acceptors (Lipinski definition) is 2. The van der Waals surface area contributed by atoms with E-state index < -0.39 is 12.1 Å². The lowest BCUT2D eigenvalue weighted by Crippen LogP contribution is -2.26. The Labute approximate surface area is 168 Å². The van der Waals surface area contributed by atoms with Crippen LogP contribution < -0.4 is 0 Å². The minimum atomic E-state index is -0.562. The standard InChI is InChI=1S/C25H20F2O2/c1-2-3-18-15-28-25(29-16-18)22-9-8-19(24(27)14-22)6-4-17-5-7-21-13-23(26)11-10-20(21)12-17/h2,5,7-14,18,25H,1,3,15-16H2. The molecule has 0 N–H and O–H groups in total. The van der Waals surface area contributed by atoms with Gasteiger partial charge in [0, 0.05) is 17.0 Å². The number of fused-ring (bicyclic) bond motifs is 1. The monoisotopic (exact) mass is 390 g/mol. The highest BCUT2D eigenvalue weighted by Gasteiger charge is 2.23. The highest BCUT2D eigenvalue weighted by atomic mass is 19.1. The first-order valence-corrected chi connectivity index (χ1v) is 9.47. The second-order valence-corrected chi connectivity index (χ2v) is 7.08. The molecule has 0 spiro atoms. The Balaban J connectivity index is 1.49. The van der Waals surface area contributed by atoms with Crippen LogP contribution in [0.25, 0.3) is 10.8 Å². The summed E-state index contributed by atoms with van der Waals surface area (Å²) in [7, 11) is 0. The quantitative estimate of drug-likeness (QED) is 0.418. The lowest BCUT2D eigenvalue weighted by Gasteiger charge is -2.29. The molecule has 1 aliphatic heterocycles. The van der Waals surface area contributed by atoms with Gasteiger partial charge in [-0.3, -0.25) is 0 Å². The van der Waals surface area contributed by atoms with Crippen LogP contribution in [0.5, 0.6) is 0 Å². The molecule has 3 aromatic rings. The Hall–Kier alpha value is -3.00. The van der Waals surface area contributed by atoms with Crippen molar-refractivity contribution in [1.29, 1.82) is 0 Å². The molecule has 0 atom stereocenters. The summed E-state index contributed by atoms with van der Waals surface area (Å²) in [5, 5.41) is 1.68. The maximum absolute atomic E-state index is 14.5. The first-order chi connectivity index (χ1) is 14.1. The zero-order valence-corrected chi connectivity index (χ0v) is 15.8. The Morgan fingerprint density at radius 2 is 1.69 bits per heavy atom. The molecule has 0 aliphatic carbocycles. The summed E-state index contributed by atoms with van der Waals surface area (Å²) in [4.78, 5) is 0. The van der Waals surface area contributed by atoms with Gasteiger partial charge in [0.1, 0.15) is 11.6 Å². The molecule has 2 nitrogen and oxygen atoms in total. The van der Waals surface area contributed by atoms with Crippen LogP contribution in [0, 0.1) is 29.4 Å². The molecule has 0 saturated carbocycles. The number of allylic oxidation sites excluding steroid dienone is 1. The van der Waals surface area contributed by atoms with Crippen molar-refractivity contribution in [3.8, 4) is 11.8 Å². The van der Waals surface area contributed by atoms with Crippen molar-refractivity contribution in [2.24, 2.45) is 5.92 Å². The average molecular weight is 390 g/mol. The van der Waals surface area contributed by atoms with Crippen molar-refractivity contribution in [3.63, 3.8) is 0 Å². The maximum atomic E-state index is 14.5. The topological polar surface area (TPSA) is 18.5 Å². The molecular weight excluding hydrogens is 370 g/mol. The van der Waals surface area contributed by atoms with Crippen LogP contribution in [0.4, 0.5) is 8.78 Å². The van der Waals surface area contributed by atoms with Gasteiger partial charge in [0.15, 0.2) is 6.29 Å². The third-order valence-electron chi connectivity index (χ3n) is 4.88. The highest BCUT2D eigenvalue weighted by molar-refractivity contribution is 5.83. The Morgan fingerprint density at radius 3 is 2.45 bits per heavy atom. The molecule has 0 aromatic heterocycles. The second-order valence-electron chi connectivity index (χ2n) is 7.08. The van der Waals surface area contributed by atoms with E-state index in [1.165, 1.54) is 18.2 Å². The number of hydrogen-bond donors (Lipinski definition) is 0. The minimum absolute atomic E-state index is 0.277. The maximum Gasteiger partial charge on any atom is 0.183 e. The van der Waals surface area contributed by atoms with Crippen molar-refractivity contribution in [2.75, 3.05) is 13.2 Å². The second kappa shape index (κ2) is 8.57. The third kappa shape index (κ3) is 4.54. The summed E-state index contributed by atoms with van der Waals surface area (Å²) < 4.78 is 39.2. The molecule has 0 radical (unpaired) electrons. The molecule has 4 rings (SSSR count). The lowest BCUT2D eigenvalue weighted by molar-refractivity contribution is -0.204. The fourth-order valence-corrected chi connectivity index (χ4v) is 3.32. The van der Waals surface area contributed by atoms with E-state index in [0.29, 0.717) is 24.3 Å². The van der Waals surface area contributed by atoms with E-state index in [1.807, 2.05) is 12.1 Å². The van der Waals surface area contributed by atoms with Gasteiger partial charge in [-0.05, 0) is 53.6 Å². The van der Waals surface area contributed by atoms with Gasteiger partial charge in [0.25, 0.3) is 0 Å². The number of rotatable bonds is 3. The van der Waals surface area contributed by atoms with Crippen LogP contribution in [0.15, 0.2) is 67.3 Å². The third-order valence-corrected chi connectivity index (χ3v) is 4.88. The summed E-state index contributed by atoms with van der Waals surface area (Å²) in [6.07, 6.45) is 2.12. The predicted octanol–water partition coefficient (Wildman–Crippen LogP) is 5.76. The van der Waals surface area contributed by atoms with Crippen molar-refractivity contribution < 1.29 is 18.3 Å². The van der Waals surface area contributed by atoms with Crippen LogP contribution in [-0.2, 0) is 9.47 Å². The van der Waals surface area contributed by atoms with Crippen molar-refractivity contribution in [2.45, 2.75) is 12.7 Å². The van der Waals surface area contributed by atoms with Gasteiger partial charge in [0.2, 0.25) is 0 Å². The van der Waals surface area contributed by atoms with E-state index in [2.05, 4.69) is 18.4 Å². The normalized spacial score (nSPS) is 18.8. The zero-order valence-electron chi connectivity index (χ0n) is 15.8. The van der Waals surface area contributed by atoms with E-state index in [0.717, 1.165) is 22.8 Å². The number of halogens is 2.